The Bertz CT molecular complexity index is 454. The van der Waals surface area contributed by atoms with Crippen LogP contribution < -0.4 is 5.32 Å². The normalized spacial score (nSPS) is 16.7. The van der Waals surface area contributed by atoms with Crippen molar-refractivity contribution in [2.24, 2.45) is 0 Å². The number of likely N-dealkylation sites (tertiary alicyclic amines) is 1. The number of rotatable bonds is 6. The summed E-state index contributed by atoms with van der Waals surface area (Å²) in [7, 11) is 2.10. The zero-order chi connectivity index (χ0) is 15.1. The van der Waals surface area contributed by atoms with Gasteiger partial charge in [-0.05, 0) is 38.4 Å². The molecule has 116 valence electrons. The summed E-state index contributed by atoms with van der Waals surface area (Å²) >= 11 is 0. The molecule has 0 atom stereocenters. The van der Waals surface area contributed by atoms with Crippen molar-refractivity contribution in [1.82, 2.24) is 4.90 Å². The number of esters is 1. The van der Waals surface area contributed by atoms with Gasteiger partial charge in [-0.15, -0.1) is 0 Å². The van der Waals surface area contributed by atoms with Gasteiger partial charge in [0.05, 0.1) is 5.56 Å². The first-order chi connectivity index (χ1) is 10.2. The maximum absolute atomic E-state index is 12.4. The number of benzene rings is 1. The van der Waals surface area contributed by atoms with Crippen molar-refractivity contribution in [1.29, 1.82) is 0 Å². The van der Waals surface area contributed by atoms with Crippen molar-refractivity contribution in [2.75, 3.05) is 32.0 Å². The van der Waals surface area contributed by atoms with Crippen molar-refractivity contribution in [3.63, 3.8) is 0 Å². The van der Waals surface area contributed by atoms with Gasteiger partial charge in [0.2, 0.25) is 0 Å². The molecule has 0 saturated carbocycles. The minimum Gasteiger partial charge on any atom is -0.459 e. The average Bonchev–Trinajstić information content (AvgIpc) is 2.50. The summed E-state index contributed by atoms with van der Waals surface area (Å²) in [4.78, 5) is 14.6. The molecule has 2 rings (SSSR count). The molecule has 4 heteroatoms. The lowest BCUT2D eigenvalue weighted by molar-refractivity contribution is 0.0140. The van der Waals surface area contributed by atoms with E-state index in [1.807, 2.05) is 24.3 Å². The van der Waals surface area contributed by atoms with Gasteiger partial charge in [0, 0.05) is 25.3 Å². The summed E-state index contributed by atoms with van der Waals surface area (Å²) < 4.78 is 5.67. The zero-order valence-electron chi connectivity index (χ0n) is 13.1. The predicted octanol–water partition coefficient (Wildman–Crippen LogP) is 3.15. The quantitative estimate of drug-likeness (QED) is 0.645. The molecule has 4 nitrogen and oxygen atoms in total. The second kappa shape index (κ2) is 8.03. The number of piperidine rings is 1. The van der Waals surface area contributed by atoms with E-state index in [-0.39, 0.29) is 12.1 Å². The number of nitrogens with zero attached hydrogens (tertiary/aromatic N) is 1. The molecule has 1 N–H and O–H groups in total. The standard InChI is InChI=1S/C17H26N2O2/c1-3-4-11-18-16-8-6-5-7-15(16)17(20)21-14-9-12-19(2)13-10-14/h5-8,14,18H,3-4,9-13H2,1-2H3. The van der Waals surface area contributed by atoms with E-state index in [9.17, 15) is 4.79 Å². The second-order valence-electron chi connectivity index (χ2n) is 5.73. The molecule has 0 spiro atoms. The summed E-state index contributed by atoms with van der Waals surface area (Å²) in [5.41, 5.74) is 1.52. The summed E-state index contributed by atoms with van der Waals surface area (Å²) in [5.74, 6) is -0.204. The zero-order valence-corrected chi connectivity index (χ0v) is 13.1. The third kappa shape index (κ3) is 4.74. The van der Waals surface area contributed by atoms with Crippen molar-refractivity contribution in [3.05, 3.63) is 29.8 Å². The molecular formula is C17H26N2O2. The van der Waals surface area contributed by atoms with Crippen molar-refractivity contribution in [3.8, 4) is 0 Å². The molecule has 1 aliphatic rings. The molecule has 1 heterocycles. The molecule has 0 amide bonds. The Labute approximate surface area is 127 Å². The number of carbonyl (C=O) groups is 1. The molecule has 1 fully saturated rings. The Morgan fingerprint density at radius 1 is 1.33 bits per heavy atom. The van der Waals surface area contributed by atoms with Gasteiger partial charge in [-0.1, -0.05) is 25.5 Å². The van der Waals surface area contributed by atoms with Gasteiger partial charge in [-0.2, -0.15) is 0 Å². The molecule has 1 aromatic rings. The van der Waals surface area contributed by atoms with Gasteiger partial charge < -0.3 is 15.0 Å². The van der Waals surface area contributed by atoms with Gasteiger partial charge in [-0.25, -0.2) is 4.79 Å². The van der Waals surface area contributed by atoms with E-state index < -0.39 is 0 Å². The van der Waals surface area contributed by atoms with Crippen LogP contribution in [-0.4, -0.2) is 43.7 Å². The van der Waals surface area contributed by atoms with Crippen LogP contribution in [0.3, 0.4) is 0 Å². The van der Waals surface area contributed by atoms with Crippen LogP contribution in [0.2, 0.25) is 0 Å². The topological polar surface area (TPSA) is 41.6 Å². The van der Waals surface area contributed by atoms with Crippen LogP contribution >= 0.6 is 0 Å². The molecule has 1 aromatic carbocycles. The van der Waals surface area contributed by atoms with Gasteiger partial charge in [0.15, 0.2) is 0 Å². The van der Waals surface area contributed by atoms with Crippen LogP contribution in [0.4, 0.5) is 5.69 Å². The Morgan fingerprint density at radius 2 is 2.05 bits per heavy atom. The first-order valence-corrected chi connectivity index (χ1v) is 7.93. The van der Waals surface area contributed by atoms with E-state index in [2.05, 4.69) is 24.2 Å². The van der Waals surface area contributed by atoms with Gasteiger partial charge in [0.25, 0.3) is 0 Å². The van der Waals surface area contributed by atoms with E-state index in [1.165, 1.54) is 0 Å². The lowest BCUT2D eigenvalue weighted by Crippen LogP contribution is -2.35. The minimum absolute atomic E-state index is 0.0531. The molecule has 0 bridgehead atoms. The number of carbonyl (C=O) groups excluding carboxylic acids is 1. The van der Waals surface area contributed by atoms with Crippen molar-refractivity contribution < 1.29 is 9.53 Å². The van der Waals surface area contributed by atoms with Gasteiger partial charge in [0.1, 0.15) is 6.10 Å². The van der Waals surface area contributed by atoms with Crippen LogP contribution in [0.5, 0.6) is 0 Å². The maximum atomic E-state index is 12.4. The Kier molecular flexibility index (Phi) is 6.05. The highest BCUT2D eigenvalue weighted by Gasteiger charge is 2.22. The average molecular weight is 290 g/mol. The van der Waals surface area contributed by atoms with E-state index in [4.69, 9.17) is 4.74 Å². The maximum Gasteiger partial charge on any atom is 0.340 e. The molecule has 0 radical (unpaired) electrons. The van der Waals surface area contributed by atoms with Crippen molar-refractivity contribution in [2.45, 2.75) is 38.7 Å². The highest BCUT2D eigenvalue weighted by atomic mass is 16.5. The van der Waals surface area contributed by atoms with Crippen LogP contribution in [0.25, 0.3) is 0 Å². The largest absolute Gasteiger partial charge is 0.459 e. The Balaban J connectivity index is 1.95. The summed E-state index contributed by atoms with van der Waals surface area (Å²) in [5, 5.41) is 3.33. The fourth-order valence-corrected chi connectivity index (χ4v) is 2.53. The number of para-hydroxylation sites is 1. The minimum atomic E-state index is -0.204. The Hall–Kier alpha value is -1.55. The van der Waals surface area contributed by atoms with E-state index in [0.717, 1.165) is 51.0 Å². The number of anilines is 1. The molecule has 0 unspecified atom stereocenters. The molecular weight excluding hydrogens is 264 g/mol. The van der Waals surface area contributed by atoms with Gasteiger partial charge >= 0.3 is 5.97 Å². The number of ether oxygens (including phenoxy) is 1. The summed E-state index contributed by atoms with van der Waals surface area (Å²) in [6.07, 6.45) is 4.13. The molecule has 0 aliphatic carbocycles. The van der Waals surface area contributed by atoms with Crippen LogP contribution in [0.15, 0.2) is 24.3 Å². The number of nitrogens with one attached hydrogen (secondary N) is 1. The smallest absolute Gasteiger partial charge is 0.340 e. The lowest BCUT2D eigenvalue weighted by atomic mass is 10.1. The van der Waals surface area contributed by atoms with Crippen molar-refractivity contribution >= 4 is 11.7 Å². The summed E-state index contributed by atoms with van der Waals surface area (Å²) in [6.45, 7) is 5.03. The monoisotopic (exact) mass is 290 g/mol. The highest BCUT2D eigenvalue weighted by Crippen LogP contribution is 2.20. The SMILES string of the molecule is CCCCNc1ccccc1C(=O)OC1CCN(C)CC1. The van der Waals surface area contributed by atoms with E-state index in [0.29, 0.717) is 5.56 Å². The Morgan fingerprint density at radius 3 is 2.76 bits per heavy atom. The second-order valence-corrected chi connectivity index (χ2v) is 5.73. The molecule has 0 aromatic heterocycles. The number of hydrogen-bond donors (Lipinski definition) is 1. The third-order valence-corrected chi connectivity index (χ3v) is 3.93. The first kappa shape index (κ1) is 15.8. The fraction of sp³-hybridized carbons (Fsp3) is 0.588. The number of unbranched alkanes of at least 4 members (excludes halogenated alkanes) is 1. The summed E-state index contributed by atoms with van der Waals surface area (Å²) in [6, 6.07) is 7.61. The first-order valence-electron chi connectivity index (χ1n) is 7.93. The van der Waals surface area contributed by atoms with E-state index >= 15 is 0 Å². The third-order valence-electron chi connectivity index (χ3n) is 3.93. The predicted molar refractivity (Wildman–Crippen MR) is 85.8 cm³/mol. The number of hydrogen-bond acceptors (Lipinski definition) is 4. The fourth-order valence-electron chi connectivity index (χ4n) is 2.53. The lowest BCUT2D eigenvalue weighted by Gasteiger charge is -2.28. The molecule has 1 aliphatic heterocycles. The van der Waals surface area contributed by atoms with Crippen LogP contribution in [0.1, 0.15) is 43.0 Å². The highest BCUT2D eigenvalue weighted by molar-refractivity contribution is 5.95. The van der Waals surface area contributed by atoms with E-state index in [1.54, 1.807) is 0 Å². The van der Waals surface area contributed by atoms with Gasteiger partial charge in [-0.3, -0.25) is 0 Å². The molecule has 1 saturated heterocycles. The van der Waals surface area contributed by atoms with Crippen LogP contribution in [0, 0.1) is 0 Å². The van der Waals surface area contributed by atoms with Crippen LogP contribution in [-0.2, 0) is 4.74 Å². The molecule has 21 heavy (non-hydrogen) atoms.